The Hall–Kier alpha value is -1.06. The SMILES string of the molecule is Cc1ccc(-c2nc(Cl)c3c(Cl)ccc(Cl)c3n2)cc1Cl. The molecule has 0 radical (unpaired) electrons. The Balaban J connectivity index is 2.30. The Kier molecular flexibility index (Phi) is 3.98. The Labute approximate surface area is 141 Å². The summed E-state index contributed by atoms with van der Waals surface area (Å²) in [6.45, 7) is 1.93. The molecule has 1 aromatic heterocycles. The van der Waals surface area contributed by atoms with E-state index in [2.05, 4.69) is 9.97 Å². The van der Waals surface area contributed by atoms with Crippen LogP contribution in [0.5, 0.6) is 0 Å². The molecule has 0 aliphatic rings. The Morgan fingerprint density at radius 2 is 1.52 bits per heavy atom. The molecule has 21 heavy (non-hydrogen) atoms. The van der Waals surface area contributed by atoms with Gasteiger partial charge in [0.1, 0.15) is 5.15 Å². The zero-order valence-corrected chi connectivity index (χ0v) is 13.8. The van der Waals surface area contributed by atoms with E-state index in [0.29, 0.717) is 31.8 Å². The number of hydrogen-bond acceptors (Lipinski definition) is 2. The van der Waals surface area contributed by atoms with Crippen LogP contribution in [-0.2, 0) is 0 Å². The number of halogens is 4. The molecule has 0 N–H and O–H groups in total. The molecule has 0 fully saturated rings. The van der Waals surface area contributed by atoms with Crippen LogP contribution >= 0.6 is 46.4 Å². The van der Waals surface area contributed by atoms with E-state index in [0.717, 1.165) is 11.1 Å². The molecule has 0 aliphatic heterocycles. The van der Waals surface area contributed by atoms with Crippen molar-refractivity contribution in [2.75, 3.05) is 0 Å². The van der Waals surface area contributed by atoms with E-state index in [1.807, 2.05) is 19.1 Å². The van der Waals surface area contributed by atoms with Gasteiger partial charge in [-0.25, -0.2) is 9.97 Å². The second-order valence-electron chi connectivity index (χ2n) is 4.55. The van der Waals surface area contributed by atoms with Gasteiger partial charge < -0.3 is 0 Å². The molecular formula is C15H8Cl4N2. The highest BCUT2D eigenvalue weighted by Gasteiger charge is 2.14. The average Bonchev–Trinajstić information content (AvgIpc) is 2.45. The zero-order chi connectivity index (χ0) is 15.1. The first kappa shape index (κ1) is 14.9. The first-order chi connectivity index (χ1) is 9.97. The molecule has 3 rings (SSSR count). The highest BCUT2D eigenvalue weighted by Crippen LogP contribution is 2.34. The molecular weight excluding hydrogens is 350 g/mol. The molecule has 1 heterocycles. The summed E-state index contributed by atoms with van der Waals surface area (Å²) in [4.78, 5) is 8.76. The molecule has 0 saturated carbocycles. The van der Waals surface area contributed by atoms with Gasteiger partial charge in [0.2, 0.25) is 0 Å². The summed E-state index contributed by atoms with van der Waals surface area (Å²) >= 11 is 24.7. The smallest absolute Gasteiger partial charge is 0.161 e. The van der Waals surface area contributed by atoms with Gasteiger partial charge in [0.05, 0.1) is 20.9 Å². The van der Waals surface area contributed by atoms with Crippen molar-refractivity contribution in [1.29, 1.82) is 0 Å². The standard InChI is InChI=1S/C15H8Cl4N2/c1-7-2-3-8(6-11(7)18)15-20-13-10(17)5-4-9(16)12(13)14(19)21-15/h2-6H,1H3. The van der Waals surface area contributed by atoms with Gasteiger partial charge in [0.15, 0.2) is 5.82 Å². The van der Waals surface area contributed by atoms with Gasteiger partial charge in [-0.2, -0.15) is 0 Å². The number of aryl methyl sites for hydroxylation is 1. The monoisotopic (exact) mass is 356 g/mol. The Morgan fingerprint density at radius 1 is 0.810 bits per heavy atom. The lowest BCUT2D eigenvalue weighted by Gasteiger charge is -2.08. The fraction of sp³-hybridized carbons (Fsp3) is 0.0667. The van der Waals surface area contributed by atoms with Gasteiger partial charge in [-0.05, 0) is 30.7 Å². The van der Waals surface area contributed by atoms with Crippen molar-refractivity contribution in [3.05, 3.63) is 56.1 Å². The minimum absolute atomic E-state index is 0.263. The summed E-state index contributed by atoms with van der Waals surface area (Å²) in [6.07, 6.45) is 0. The van der Waals surface area contributed by atoms with E-state index < -0.39 is 0 Å². The third-order valence-corrected chi connectivity index (χ3v) is 4.44. The van der Waals surface area contributed by atoms with Crippen molar-refractivity contribution in [2.24, 2.45) is 0 Å². The largest absolute Gasteiger partial charge is 0.226 e. The highest BCUT2D eigenvalue weighted by molar-refractivity contribution is 6.44. The summed E-state index contributed by atoms with van der Waals surface area (Å²) in [5.41, 5.74) is 2.27. The van der Waals surface area contributed by atoms with E-state index >= 15 is 0 Å². The van der Waals surface area contributed by atoms with Crippen LogP contribution in [0.4, 0.5) is 0 Å². The molecule has 0 aliphatic carbocycles. The molecule has 106 valence electrons. The quantitative estimate of drug-likeness (QED) is 0.483. The first-order valence-corrected chi connectivity index (χ1v) is 7.56. The molecule has 2 aromatic carbocycles. The van der Waals surface area contributed by atoms with E-state index in [9.17, 15) is 0 Å². The third kappa shape index (κ3) is 2.69. The summed E-state index contributed by atoms with van der Waals surface area (Å²) in [6, 6.07) is 8.94. The van der Waals surface area contributed by atoms with Gasteiger partial charge in [-0.15, -0.1) is 0 Å². The molecule has 0 saturated heterocycles. The van der Waals surface area contributed by atoms with Crippen LogP contribution in [0.3, 0.4) is 0 Å². The van der Waals surface area contributed by atoms with Crippen molar-refractivity contribution in [1.82, 2.24) is 9.97 Å². The fourth-order valence-corrected chi connectivity index (χ4v) is 2.93. The number of fused-ring (bicyclic) bond motifs is 1. The van der Waals surface area contributed by atoms with Gasteiger partial charge in [0.25, 0.3) is 0 Å². The molecule has 0 amide bonds. The summed E-state index contributed by atoms with van der Waals surface area (Å²) in [7, 11) is 0. The van der Waals surface area contributed by atoms with Crippen LogP contribution in [0.15, 0.2) is 30.3 Å². The van der Waals surface area contributed by atoms with Crippen LogP contribution in [0, 0.1) is 6.92 Å². The second-order valence-corrected chi connectivity index (χ2v) is 6.13. The van der Waals surface area contributed by atoms with Gasteiger partial charge >= 0.3 is 0 Å². The second kappa shape index (κ2) is 5.62. The number of rotatable bonds is 1. The Morgan fingerprint density at radius 3 is 2.24 bits per heavy atom. The maximum Gasteiger partial charge on any atom is 0.161 e. The molecule has 3 aromatic rings. The van der Waals surface area contributed by atoms with Crippen LogP contribution < -0.4 is 0 Å². The minimum atomic E-state index is 0.263. The van der Waals surface area contributed by atoms with Gasteiger partial charge in [0, 0.05) is 10.6 Å². The van der Waals surface area contributed by atoms with Crippen LogP contribution in [0.1, 0.15) is 5.56 Å². The predicted octanol–water partition coefficient (Wildman–Crippen LogP) is 6.22. The van der Waals surface area contributed by atoms with Crippen LogP contribution in [-0.4, -0.2) is 9.97 Å². The van der Waals surface area contributed by atoms with Crippen molar-refractivity contribution in [3.63, 3.8) is 0 Å². The van der Waals surface area contributed by atoms with Gasteiger partial charge in [-0.1, -0.05) is 58.5 Å². The topological polar surface area (TPSA) is 25.8 Å². The van der Waals surface area contributed by atoms with Gasteiger partial charge in [-0.3, -0.25) is 0 Å². The fourth-order valence-electron chi connectivity index (χ4n) is 1.99. The van der Waals surface area contributed by atoms with Crippen molar-refractivity contribution < 1.29 is 0 Å². The lowest BCUT2D eigenvalue weighted by Crippen LogP contribution is -1.93. The maximum absolute atomic E-state index is 6.23. The predicted molar refractivity (Wildman–Crippen MR) is 89.8 cm³/mol. The number of benzene rings is 2. The number of aromatic nitrogens is 2. The van der Waals surface area contributed by atoms with Crippen molar-refractivity contribution in [2.45, 2.75) is 6.92 Å². The average molecular weight is 358 g/mol. The zero-order valence-electron chi connectivity index (χ0n) is 10.8. The highest BCUT2D eigenvalue weighted by atomic mass is 35.5. The molecule has 2 nitrogen and oxygen atoms in total. The van der Waals surface area contributed by atoms with E-state index in [4.69, 9.17) is 46.4 Å². The number of nitrogens with zero attached hydrogens (tertiary/aromatic N) is 2. The Bertz CT molecular complexity index is 862. The summed E-state index contributed by atoms with van der Waals surface area (Å²) < 4.78 is 0. The van der Waals surface area contributed by atoms with Crippen molar-refractivity contribution in [3.8, 4) is 11.4 Å². The van der Waals surface area contributed by atoms with E-state index in [-0.39, 0.29) is 5.15 Å². The van der Waals surface area contributed by atoms with Crippen LogP contribution in [0.2, 0.25) is 20.2 Å². The van der Waals surface area contributed by atoms with Crippen LogP contribution in [0.25, 0.3) is 22.3 Å². The molecule has 0 atom stereocenters. The summed E-state index contributed by atoms with van der Waals surface area (Å²) in [5, 5.41) is 2.39. The molecule has 0 unspecified atom stereocenters. The molecule has 0 spiro atoms. The normalized spacial score (nSPS) is 11.1. The molecule has 0 bridgehead atoms. The minimum Gasteiger partial charge on any atom is -0.226 e. The molecule has 6 heteroatoms. The first-order valence-electron chi connectivity index (χ1n) is 6.05. The van der Waals surface area contributed by atoms with E-state index in [1.165, 1.54) is 0 Å². The van der Waals surface area contributed by atoms with Crippen molar-refractivity contribution >= 4 is 57.3 Å². The van der Waals surface area contributed by atoms with E-state index in [1.54, 1.807) is 18.2 Å². The maximum atomic E-state index is 6.23. The third-order valence-electron chi connectivity index (χ3n) is 3.14. The number of hydrogen-bond donors (Lipinski definition) is 0. The lowest BCUT2D eigenvalue weighted by atomic mass is 10.1. The summed E-state index contributed by atoms with van der Waals surface area (Å²) in [5.74, 6) is 0.457. The lowest BCUT2D eigenvalue weighted by molar-refractivity contribution is 1.22.